The van der Waals surface area contributed by atoms with Crippen LogP contribution >= 0.6 is 0 Å². The first-order valence-electron chi connectivity index (χ1n) is 6.49. The van der Waals surface area contributed by atoms with Crippen molar-refractivity contribution in [3.63, 3.8) is 0 Å². The predicted molar refractivity (Wildman–Crippen MR) is 74.0 cm³/mol. The molecule has 0 saturated carbocycles. The van der Waals surface area contributed by atoms with E-state index in [1.807, 2.05) is 18.2 Å². The van der Waals surface area contributed by atoms with E-state index < -0.39 is 0 Å². The van der Waals surface area contributed by atoms with Gasteiger partial charge in [0.15, 0.2) is 0 Å². The van der Waals surface area contributed by atoms with Crippen molar-refractivity contribution in [2.75, 3.05) is 31.4 Å². The summed E-state index contributed by atoms with van der Waals surface area (Å²) in [6.45, 7) is 3.93. The SMILES string of the molecule is COc1cccc(NC(C)C2CCOCC2)c1N. The maximum Gasteiger partial charge on any atom is 0.143 e. The molecule has 4 heteroatoms. The van der Waals surface area contributed by atoms with Crippen LogP contribution in [0.25, 0.3) is 0 Å². The molecule has 4 nitrogen and oxygen atoms in total. The van der Waals surface area contributed by atoms with Crippen LogP contribution in [0, 0.1) is 5.92 Å². The van der Waals surface area contributed by atoms with E-state index in [2.05, 4.69) is 12.2 Å². The minimum Gasteiger partial charge on any atom is -0.495 e. The standard InChI is InChI=1S/C14H22N2O2/c1-10(11-6-8-18-9-7-11)16-12-4-3-5-13(17-2)14(12)15/h3-5,10-11,16H,6-9,15H2,1-2H3. The molecule has 0 bridgehead atoms. The topological polar surface area (TPSA) is 56.5 Å². The zero-order valence-electron chi connectivity index (χ0n) is 11.1. The minimum atomic E-state index is 0.392. The van der Waals surface area contributed by atoms with E-state index in [4.69, 9.17) is 15.2 Å². The molecule has 2 rings (SSSR count). The number of hydrogen-bond donors (Lipinski definition) is 2. The molecule has 3 N–H and O–H groups in total. The van der Waals surface area contributed by atoms with Gasteiger partial charge in [0.1, 0.15) is 5.75 Å². The van der Waals surface area contributed by atoms with Crippen LogP contribution < -0.4 is 15.8 Å². The fourth-order valence-corrected chi connectivity index (χ4v) is 2.43. The highest BCUT2D eigenvalue weighted by molar-refractivity contribution is 5.73. The number of rotatable bonds is 4. The first-order valence-corrected chi connectivity index (χ1v) is 6.49. The van der Waals surface area contributed by atoms with Gasteiger partial charge in [-0.3, -0.25) is 0 Å². The van der Waals surface area contributed by atoms with Gasteiger partial charge in [-0.25, -0.2) is 0 Å². The molecule has 100 valence electrons. The summed E-state index contributed by atoms with van der Waals surface area (Å²) >= 11 is 0. The lowest BCUT2D eigenvalue weighted by atomic mass is 9.92. The van der Waals surface area contributed by atoms with Gasteiger partial charge in [-0.2, -0.15) is 0 Å². The lowest BCUT2D eigenvalue weighted by molar-refractivity contribution is 0.0622. The molecule has 1 atom stereocenters. The quantitative estimate of drug-likeness (QED) is 0.806. The molecule has 1 unspecified atom stereocenters. The number of anilines is 2. The number of benzene rings is 1. The summed E-state index contributed by atoms with van der Waals surface area (Å²) in [4.78, 5) is 0. The fraction of sp³-hybridized carbons (Fsp3) is 0.571. The molecule has 1 aliphatic heterocycles. The Morgan fingerprint density at radius 1 is 1.39 bits per heavy atom. The Hall–Kier alpha value is -1.42. The molecular weight excluding hydrogens is 228 g/mol. The van der Waals surface area contributed by atoms with Crippen LogP contribution in [0.3, 0.4) is 0 Å². The summed E-state index contributed by atoms with van der Waals surface area (Å²) in [6, 6.07) is 6.21. The third-order valence-corrected chi connectivity index (χ3v) is 3.64. The first kappa shape index (κ1) is 13.0. The Kier molecular flexibility index (Phi) is 4.31. The Morgan fingerprint density at radius 2 is 2.11 bits per heavy atom. The van der Waals surface area contributed by atoms with Crippen LogP contribution in [0.4, 0.5) is 11.4 Å². The van der Waals surface area contributed by atoms with Gasteiger partial charge in [-0.05, 0) is 37.8 Å². The van der Waals surface area contributed by atoms with E-state index in [-0.39, 0.29) is 0 Å². The molecule has 1 aliphatic rings. The third kappa shape index (κ3) is 2.88. The molecule has 1 fully saturated rings. The van der Waals surface area contributed by atoms with Gasteiger partial charge in [-0.15, -0.1) is 0 Å². The molecule has 1 aromatic rings. The Balaban J connectivity index is 2.04. The van der Waals surface area contributed by atoms with Gasteiger partial charge in [0, 0.05) is 19.3 Å². The van der Waals surface area contributed by atoms with Gasteiger partial charge >= 0.3 is 0 Å². The summed E-state index contributed by atoms with van der Waals surface area (Å²) in [5.41, 5.74) is 7.69. The van der Waals surface area contributed by atoms with Crippen molar-refractivity contribution in [2.24, 2.45) is 5.92 Å². The van der Waals surface area contributed by atoms with Gasteiger partial charge in [0.05, 0.1) is 18.5 Å². The van der Waals surface area contributed by atoms with E-state index in [1.165, 1.54) is 0 Å². The number of nitrogens with one attached hydrogen (secondary N) is 1. The largest absolute Gasteiger partial charge is 0.495 e. The number of nitrogen functional groups attached to an aromatic ring is 1. The van der Waals surface area contributed by atoms with E-state index >= 15 is 0 Å². The van der Waals surface area contributed by atoms with Crippen molar-refractivity contribution in [2.45, 2.75) is 25.8 Å². The molecule has 1 saturated heterocycles. The summed E-state index contributed by atoms with van der Waals surface area (Å²) in [5.74, 6) is 1.36. The molecule has 0 amide bonds. The normalized spacial score (nSPS) is 18.3. The van der Waals surface area contributed by atoms with Crippen LogP contribution in [-0.4, -0.2) is 26.4 Å². The maximum absolute atomic E-state index is 6.06. The molecule has 0 spiro atoms. The lowest BCUT2D eigenvalue weighted by Gasteiger charge is -2.29. The van der Waals surface area contributed by atoms with Crippen LogP contribution in [-0.2, 0) is 4.74 Å². The number of nitrogens with two attached hydrogens (primary N) is 1. The van der Waals surface area contributed by atoms with Crippen LogP contribution in [0.1, 0.15) is 19.8 Å². The number of hydrogen-bond acceptors (Lipinski definition) is 4. The molecule has 0 aromatic heterocycles. The smallest absolute Gasteiger partial charge is 0.143 e. The zero-order chi connectivity index (χ0) is 13.0. The van der Waals surface area contributed by atoms with E-state index in [0.29, 0.717) is 17.6 Å². The van der Waals surface area contributed by atoms with Crippen molar-refractivity contribution in [1.29, 1.82) is 0 Å². The predicted octanol–water partition coefficient (Wildman–Crippen LogP) is 2.50. The van der Waals surface area contributed by atoms with Crippen LogP contribution in [0.5, 0.6) is 5.75 Å². The second kappa shape index (κ2) is 5.96. The van der Waals surface area contributed by atoms with Gasteiger partial charge in [-0.1, -0.05) is 6.07 Å². The summed E-state index contributed by atoms with van der Waals surface area (Å²) in [7, 11) is 1.64. The monoisotopic (exact) mass is 250 g/mol. The van der Waals surface area contributed by atoms with E-state index in [9.17, 15) is 0 Å². The molecule has 1 heterocycles. The summed E-state index contributed by atoms with van der Waals surface area (Å²) in [5, 5.41) is 3.49. The summed E-state index contributed by atoms with van der Waals surface area (Å²) < 4.78 is 10.6. The molecular formula is C14H22N2O2. The van der Waals surface area contributed by atoms with Crippen LogP contribution in [0.15, 0.2) is 18.2 Å². The van der Waals surface area contributed by atoms with Crippen molar-refractivity contribution >= 4 is 11.4 Å². The lowest BCUT2D eigenvalue weighted by Crippen LogP contribution is -2.31. The number of ether oxygens (including phenoxy) is 2. The van der Waals surface area contributed by atoms with Crippen molar-refractivity contribution in [1.82, 2.24) is 0 Å². The van der Waals surface area contributed by atoms with Crippen molar-refractivity contribution in [3.05, 3.63) is 18.2 Å². The number of para-hydroxylation sites is 1. The maximum atomic E-state index is 6.06. The van der Waals surface area contributed by atoms with Gasteiger partial charge in [0.2, 0.25) is 0 Å². The van der Waals surface area contributed by atoms with E-state index in [0.717, 1.165) is 37.5 Å². The average molecular weight is 250 g/mol. The van der Waals surface area contributed by atoms with Gasteiger partial charge in [0.25, 0.3) is 0 Å². The van der Waals surface area contributed by atoms with Crippen LogP contribution in [0.2, 0.25) is 0 Å². The Labute approximate surface area is 108 Å². The molecule has 1 aromatic carbocycles. The van der Waals surface area contributed by atoms with Crippen molar-refractivity contribution < 1.29 is 9.47 Å². The Bertz CT molecular complexity index is 389. The second-order valence-electron chi connectivity index (χ2n) is 4.80. The first-order chi connectivity index (χ1) is 8.72. The highest BCUT2D eigenvalue weighted by Crippen LogP contribution is 2.31. The molecule has 18 heavy (non-hydrogen) atoms. The third-order valence-electron chi connectivity index (χ3n) is 3.64. The highest BCUT2D eigenvalue weighted by Gasteiger charge is 2.21. The molecule has 0 aliphatic carbocycles. The summed E-state index contributed by atoms with van der Waals surface area (Å²) in [6.07, 6.45) is 2.22. The van der Waals surface area contributed by atoms with Gasteiger partial charge < -0.3 is 20.5 Å². The average Bonchev–Trinajstić information content (AvgIpc) is 2.42. The fourth-order valence-electron chi connectivity index (χ4n) is 2.43. The second-order valence-corrected chi connectivity index (χ2v) is 4.80. The van der Waals surface area contributed by atoms with E-state index in [1.54, 1.807) is 7.11 Å². The van der Waals surface area contributed by atoms with Crippen molar-refractivity contribution in [3.8, 4) is 5.75 Å². The Morgan fingerprint density at radius 3 is 2.78 bits per heavy atom. The minimum absolute atomic E-state index is 0.392. The molecule has 0 radical (unpaired) electrons. The zero-order valence-corrected chi connectivity index (χ0v) is 11.1. The number of methoxy groups -OCH3 is 1. The highest BCUT2D eigenvalue weighted by atomic mass is 16.5.